The molecule has 0 bridgehead atoms. The summed E-state index contributed by atoms with van der Waals surface area (Å²) in [4.78, 5) is 24.9. The first kappa shape index (κ1) is 21.3. The maximum Gasteiger partial charge on any atom is 0.420 e. The predicted octanol–water partition coefficient (Wildman–Crippen LogP) is 5.97. The van der Waals surface area contributed by atoms with Crippen LogP contribution in [0.25, 0.3) is 0 Å². The molecule has 0 saturated heterocycles. The van der Waals surface area contributed by atoms with E-state index in [4.69, 9.17) is 16.3 Å². The molecule has 3 rings (SSSR count). The van der Waals surface area contributed by atoms with Crippen LogP contribution in [0, 0.1) is 5.82 Å². The third kappa shape index (κ3) is 4.96. The lowest BCUT2D eigenvalue weighted by Crippen LogP contribution is -2.20. The minimum Gasteiger partial charge on any atom is -0.421 e. The van der Waals surface area contributed by atoms with Gasteiger partial charge in [-0.1, -0.05) is 17.7 Å². The van der Waals surface area contributed by atoms with Gasteiger partial charge in [-0.05, 0) is 60.7 Å². The lowest BCUT2D eigenvalue weighted by atomic mass is 10.1. The number of halogens is 5. The average Bonchev–Trinajstić information content (AvgIpc) is 2.69. The van der Waals surface area contributed by atoms with Gasteiger partial charge in [0.1, 0.15) is 5.82 Å². The molecule has 1 N–H and O–H groups in total. The number of ether oxygens (including phenoxy) is 1. The number of amides is 1. The summed E-state index contributed by atoms with van der Waals surface area (Å²) < 4.78 is 58.4. The first-order valence-electron chi connectivity index (χ1n) is 8.40. The van der Waals surface area contributed by atoms with Crippen LogP contribution in [0.5, 0.6) is 5.75 Å². The van der Waals surface area contributed by atoms with E-state index in [-0.39, 0.29) is 11.3 Å². The molecule has 154 valence electrons. The molecule has 30 heavy (non-hydrogen) atoms. The Labute approximate surface area is 173 Å². The molecule has 0 saturated carbocycles. The molecule has 0 aromatic heterocycles. The van der Waals surface area contributed by atoms with Crippen LogP contribution < -0.4 is 10.1 Å². The van der Waals surface area contributed by atoms with Crippen molar-refractivity contribution in [2.24, 2.45) is 0 Å². The van der Waals surface area contributed by atoms with Crippen LogP contribution in [0.3, 0.4) is 0 Å². The van der Waals surface area contributed by atoms with Gasteiger partial charge in [-0.2, -0.15) is 13.2 Å². The van der Waals surface area contributed by atoms with E-state index < -0.39 is 40.7 Å². The van der Waals surface area contributed by atoms with Crippen molar-refractivity contribution in [3.63, 3.8) is 0 Å². The predicted molar refractivity (Wildman–Crippen MR) is 102 cm³/mol. The lowest BCUT2D eigenvalue weighted by Gasteiger charge is -2.16. The third-order valence-corrected chi connectivity index (χ3v) is 4.19. The summed E-state index contributed by atoms with van der Waals surface area (Å²) >= 11 is 5.77. The largest absolute Gasteiger partial charge is 0.421 e. The van der Waals surface area contributed by atoms with E-state index in [2.05, 4.69) is 5.32 Å². The second kappa shape index (κ2) is 8.54. The van der Waals surface area contributed by atoms with Crippen molar-refractivity contribution in [1.82, 2.24) is 0 Å². The van der Waals surface area contributed by atoms with Crippen LogP contribution in [-0.2, 0) is 6.18 Å². The van der Waals surface area contributed by atoms with Crippen molar-refractivity contribution in [1.29, 1.82) is 0 Å². The van der Waals surface area contributed by atoms with E-state index in [0.717, 1.165) is 36.4 Å². The molecule has 0 heterocycles. The standard InChI is InChI=1S/C21H12ClF4NO3/c22-13-6-10-15(11-7-13)27-19(28)16-2-1-3-17(21(24,25)26)18(16)30-20(29)12-4-8-14(23)9-5-12/h1-11H,(H,27,28). The van der Waals surface area contributed by atoms with Crippen molar-refractivity contribution in [2.75, 3.05) is 5.32 Å². The topological polar surface area (TPSA) is 55.4 Å². The molecule has 9 heteroatoms. The molecule has 0 aliphatic rings. The van der Waals surface area contributed by atoms with E-state index in [1.807, 2.05) is 0 Å². The van der Waals surface area contributed by atoms with Crippen LogP contribution >= 0.6 is 11.6 Å². The summed E-state index contributed by atoms with van der Waals surface area (Å²) in [5.41, 5.74) is -1.72. The molecule has 0 fully saturated rings. The van der Waals surface area contributed by atoms with E-state index >= 15 is 0 Å². The average molecular weight is 438 g/mol. The molecule has 4 nitrogen and oxygen atoms in total. The SMILES string of the molecule is O=C(Oc1c(C(=O)Nc2ccc(Cl)cc2)cccc1C(F)(F)F)c1ccc(F)cc1. The number of esters is 1. The number of carbonyl (C=O) groups excluding carboxylic acids is 2. The smallest absolute Gasteiger partial charge is 0.420 e. The van der Waals surface area contributed by atoms with E-state index in [1.165, 1.54) is 24.3 Å². The number of alkyl halides is 3. The second-order valence-corrected chi connectivity index (χ2v) is 6.47. The lowest BCUT2D eigenvalue weighted by molar-refractivity contribution is -0.138. The second-order valence-electron chi connectivity index (χ2n) is 6.04. The van der Waals surface area contributed by atoms with Crippen LogP contribution in [0.15, 0.2) is 66.7 Å². The summed E-state index contributed by atoms with van der Waals surface area (Å²) in [6.45, 7) is 0. The van der Waals surface area contributed by atoms with Crippen molar-refractivity contribution < 1.29 is 31.9 Å². The molecular weight excluding hydrogens is 426 g/mol. The Kier molecular flexibility index (Phi) is 6.07. The molecule has 0 spiro atoms. The quantitative estimate of drug-likeness (QED) is 0.311. The first-order chi connectivity index (χ1) is 14.1. The van der Waals surface area contributed by atoms with E-state index in [0.29, 0.717) is 11.1 Å². The van der Waals surface area contributed by atoms with Crippen LogP contribution in [0.1, 0.15) is 26.3 Å². The highest BCUT2D eigenvalue weighted by atomic mass is 35.5. The minimum absolute atomic E-state index is 0.183. The van der Waals surface area contributed by atoms with Gasteiger partial charge in [0.25, 0.3) is 5.91 Å². The van der Waals surface area contributed by atoms with Crippen LogP contribution in [0.4, 0.5) is 23.2 Å². The van der Waals surface area contributed by atoms with Crippen LogP contribution in [-0.4, -0.2) is 11.9 Å². The summed E-state index contributed by atoms with van der Waals surface area (Å²) in [5, 5.41) is 2.82. The Bertz CT molecular complexity index is 1080. The molecule has 0 atom stereocenters. The van der Waals surface area contributed by atoms with Gasteiger partial charge in [0.15, 0.2) is 5.75 Å². The fourth-order valence-corrected chi connectivity index (χ4v) is 2.64. The Morgan fingerprint density at radius 1 is 0.900 bits per heavy atom. The van der Waals surface area contributed by atoms with Crippen molar-refractivity contribution >= 4 is 29.2 Å². The zero-order valence-corrected chi connectivity index (χ0v) is 15.7. The number of hydrogen-bond donors (Lipinski definition) is 1. The summed E-state index contributed by atoms with van der Waals surface area (Å²) in [5.74, 6) is -3.69. The van der Waals surface area contributed by atoms with E-state index in [1.54, 1.807) is 0 Å². The fourth-order valence-electron chi connectivity index (χ4n) is 2.52. The normalized spacial score (nSPS) is 11.1. The number of anilines is 1. The van der Waals surface area contributed by atoms with Crippen LogP contribution in [0.2, 0.25) is 5.02 Å². The van der Waals surface area contributed by atoms with Crippen molar-refractivity contribution in [3.8, 4) is 5.75 Å². The van der Waals surface area contributed by atoms with Gasteiger partial charge in [0.2, 0.25) is 0 Å². The van der Waals surface area contributed by atoms with Gasteiger partial charge < -0.3 is 10.1 Å². The number of nitrogens with one attached hydrogen (secondary N) is 1. The highest BCUT2D eigenvalue weighted by molar-refractivity contribution is 6.30. The van der Waals surface area contributed by atoms with Gasteiger partial charge in [-0.15, -0.1) is 0 Å². The number of carbonyl (C=O) groups is 2. The molecule has 0 radical (unpaired) electrons. The molecule has 3 aromatic rings. The molecule has 0 unspecified atom stereocenters. The fraction of sp³-hybridized carbons (Fsp3) is 0.0476. The summed E-state index contributed by atoms with van der Waals surface area (Å²) in [6.07, 6.45) is -4.89. The first-order valence-corrected chi connectivity index (χ1v) is 8.78. The van der Waals surface area contributed by atoms with Crippen molar-refractivity contribution in [2.45, 2.75) is 6.18 Å². The monoisotopic (exact) mass is 437 g/mol. The highest BCUT2D eigenvalue weighted by Crippen LogP contribution is 2.39. The van der Waals surface area contributed by atoms with Gasteiger partial charge >= 0.3 is 12.1 Å². The van der Waals surface area contributed by atoms with E-state index in [9.17, 15) is 27.2 Å². The number of benzene rings is 3. The Morgan fingerprint density at radius 2 is 1.53 bits per heavy atom. The molecule has 0 aliphatic heterocycles. The number of rotatable bonds is 4. The van der Waals surface area contributed by atoms with Gasteiger partial charge in [-0.3, -0.25) is 4.79 Å². The third-order valence-electron chi connectivity index (χ3n) is 3.94. The van der Waals surface area contributed by atoms with Crippen molar-refractivity contribution in [3.05, 3.63) is 94.3 Å². The van der Waals surface area contributed by atoms with Gasteiger partial charge in [0.05, 0.1) is 16.7 Å². The Hall–Kier alpha value is -3.39. The highest BCUT2D eigenvalue weighted by Gasteiger charge is 2.37. The maximum atomic E-state index is 13.5. The minimum atomic E-state index is -4.89. The number of para-hydroxylation sites is 1. The summed E-state index contributed by atoms with van der Waals surface area (Å²) in [7, 11) is 0. The Balaban J connectivity index is 1.98. The van der Waals surface area contributed by atoms with Gasteiger partial charge in [-0.25, -0.2) is 9.18 Å². The molecule has 0 aliphatic carbocycles. The molecule has 1 amide bonds. The number of hydrogen-bond acceptors (Lipinski definition) is 3. The molecular formula is C21H12ClF4NO3. The van der Waals surface area contributed by atoms with Gasteiger partial charge in [0, 0.05) is 10.7 Å². The zero-order chi connectivity index (χ0) is 21.9. The summed E-state index contributed by atoms with van der Waals surface area (Å²) in [6, 6.07) is 12.7. The molecule has 3 aromatic carbocycles. The zero-order valence-electron chi connectivity index (χ0n) is 15.0. The Morgan fingerprint density at radius 3 is 2.13 bits per heavy atom. The maximum absolute atomic E-state index is 13.5.